The highest BCUT2D eigenvalue weighted by atomic mass is 19.1. The summed E-state index contributed by atoms with van der Waals surface area (Å²) >= 11 is 0. The number of benzene rings is 2. The number of allylic oxidation sites excluding steroid dienone is 2. The molecule has 46 heavy (non-hydrogen) atoms. The minimum atomic E-state index is -1.54. The van der Waals surface area contributed by atoms with Crippen molar-refractivity contribution < 1.29 is 34.0 Å². The molecule has 0 aromatic heterocycles. The molecule has 2 aromatic carbocycles. The number of nitrogens with zero attached hydrogens (tertiary/aromatic N) is 1. The van der Waals surface area contributed by atoms with Crippen LogP contribution >= 0.6 is 0 Å². The van der Waals surface area contributed by atoms with Gasteiger partial charge < -0.3 is 35.4 Å². The number of carbonyl (C=O) groups excluding carboxylic acids is 1. The molecule has 4 fully saturated rings. The zero-order valence-corrected chi connectivity index (χ0v) is 26.9. The van der Waals surface area contributed by atoms with Crippen LogP contribution < -0.4 is 10.6 Å². The van der Waals surface area contributed by atoms with Gasteiger partial charge in [0.2, 0.25) is 0 Å². The molecule has 1 aliphatic heterocycles. The summed E-state index contributed by atoms with van der Waals surface area (Å²) in [6, 6.07) is 11.0. The Bertz CT molecular complexity index is 1630. The lowest BCUT2D eigenvalue weighted by Gasteiger charge is -2.60. The maximum absolute atomic E-state index is 16.5. The molecule has 8 nitrogen and oxygen atoms in total. The van der Waals surface area contributed by atoms with Crippen LogP contribution in [0.3, 0.4) is 0 Å². The molecule has 5 N–H and O–H groups in total. The molecule has 0 radical (unpaired) electrons. The quantitative estimate of drug-likeness (QED) is 0.266. The predicted molar refractivity (Wildman–Crippen MR) is 172 cm³/mol. The van der Waals surface area contributed by atoms with E-state index in [1.54, 1.807) is 30.0 Å². The largest absolute Gasteiger partial charge is 0.399 e. The van der Waals surface area contributed by atoms with Gasteiger partial charge in [-0.25, -0.2) is 4.39 Å². The SMILES string of the molecule is Cc1ccc(N(C)Cc2cccc(N)c2)c(F)c1[C@@H]1O[C@@H]2C[C@H]3[C@@H]4CCC5=CC(O)C=C[C@]5(C)[C@H]4[C@@H](O)C[C@]3(C)[C@]2(C(=O)CO)O1. The Labute approximate surface area is 269 Å². The summed E-state index contributed by atoms with van der Waals surface area (Å²) in [4.78, 5) is 15.7. The summed E-state index contributed by atoms with van der Waals surface area (Å²) in [6.07, 6.45) is 4.87. The predicted octanol–water partition coefficient (Wildman–Crippen LogP) is 4.75. The lowest BCUT2D eigenvalue weighted by atomic mass is 9.46. The van der Waals surface area contributed by atoms with Gasteiger partial charge in [0.1, 0.15) is 6.61 Å². The zero-order valence-electron chi connectivity index (χ0n) is 26.9. The lowest BCUT2D eigenvalue weighted by Crippen LogP contribution is -2.63. The van der Waals surface area contributed by atoms with Crippen molar-refractivity contribution in [2.24, 2.45) is 28.6 Å². The lowest BCUT2D eigenvalue weighted by molar-refractivity contribution is -0.201. The van der Waals surface area contributed by atoms with Crippen LogP contribution in [0.1, 0.15) is 62.5 Å². The van der Waals surface area contributed by atoms with Crippen molar-refractivity contribution in [3.8, 4) is 0 Å². The number of nitrogens with two attached hydrogens (primary N) is 1. The van der Waals surface area contributed by atoms with Gasteiger partial charge >= 0.3 is 0 Å². The summed E-state index contributed by atoms with van der Waals surface area (Å²) in [5, 5.41) is 32.5. The third kappa shape index (κ3) is 4.39. The molecule has 246 valence electrons. The Hall–Kier alpha value is -3.08. The van der Waals surface area contributed by atoms with Gasteiger partial charge in [-0.2, -0.15) is 0 Å². The molecule has 10 atom stereocenters. The van der Waals surface area contributed by atoms with Gasteiger partial charge in [0.15, 0.2) is 23.5 Å². The fourth-order valence-electron chi connectivity index (χ4n) is 10.2. The molecule has 1 unspecified atom stereocenters. The van der Waals surface area contributed by atoms with Crippen LogP contribution in [0.2, 0.25) is 0 Å². The van der Waals surface area contributed by atoms with Crippen LogP contribution in [-0.4, -0.2) is 58.7 Å². The number of aryl methyl sites for hydroxylation is 1. The Morgan fingerprint density at radius 3 is 2.72 bits per heavy atom. The van der Waals surface area contributed by atoms with E-state index in [2.05, 4.69) is 6.92 Å². The maximum Gasteiger partial charge on any atom is 0.193 e. The van der Waals surface area contributed by atoms with Gasteiger partial charge in [-0.05, 0) is 73.8 Å². The third-order valence-corrected chi connectivity index (χ3v) is 12.3. The second kappa shape index (κ2) is 11.0. The smallest absolute Gasteiger partial charge is 0.193 e. The van der Waals surface area contributed by atoms with E-state index >= 15 is 4.39 Å². The molecule has 0 spiro atoms. The van der Waals surface area contributed by atoms with Crippen molar-refractivity contribution in [1.29, 1.82) is 0 Å². The molecule has 3 saturated carbocycles. The Kier molecular flexibility index (Phi) is 7.53. The van der Waals surface area contributed by atoms with Crippen molar-refractivity contribution in [3.63, 3.8) is 0 Å². The first kappa shape index (κ1) is 31.5. The van der Waals surface area contributed by atoms with Crippen LogP contribution in [0.15, 0.2) is 60.2 Å². The third-order valence-electron chi connectivity index (χ3n) is 12.3. The first-order valence-electron chi connectivity index (χ1n) is 16.4. The van der Waals surface area contributed by atoms with Gasteiger partial charge in [0.25, 0.3) is 0 Å². The van der Waals surface area contributed by atoms with E-state index in [4.69, 9.17) is 15.2 Å². The van der Waals surface area contributed by atoms with Crippen LogP contribution in [0.4, 0.5) is 15.8 Å². The Morgan fingerprint density at radius 2 is 1.98 bits per heavy atom. The molecule has 4 aliphatic carbocycles. The highest BCUT2D eigenvalue weighted by Gasteiger charge is 2.76. The fraction of sp³-hybridized carbons (Fsp3) is 0.541. The summed E-state index contributed by atoms with van der Waals surface area (Å²) < 4.78 is 29.8. The van der Waals surface area contributed by atoms with Gasteiger partial charge in [0.05, 0.1) is 24.0 Å². The van der Waals surface area contributed by atoms with Crippen LogP contribution in [0.5, 0.6) is 0 Å². The van der Waals surface area contributed by atoms with E-state index in [1.807, 2.05) is 50.4 Å². The molecular formula is C37H45FN2O6. The van der Waals surface area contributed by atoms with E-state index in [0.29, 0.717) is 29.9 Å². The summed E-state index contributed by atoms with van der Waals surface area (Å²) in [5.74, 6) is -1.04. The number of aliphatic hydroxyl groups is 3. The number of halogens is 1. The van der Waals surface area contributed by atoms with Gasteiger partial charge in [-0.3, -0.25) is 4.79 Å². The number of fused-ring (bicyclic) bond motifs is 7. The number of nitrogen functional groups attached to an aromatic ring is 1. The standard InChI is InChI=1S/C37H45FN2O6/c1-20-8-11-27(40(4)18-21-6-5-7-23(39)14-21)33(38)31(20)34-45-30-16-26-25-10-9-22-15-24(42)12-13-35(22,2)32(25)28(43)17-36(26,3)37(30,46-34)29(44)19-41/h5-8,11-15,24-26,28,30,32,34,41-43H,9-10,16-19,39H2,1-4H3/t24?,25-,26-,28-,30+,32+,34+,35-,36-,37+/m0/s1. The zero-order chi connectivity index (χ0) is 32.8. The van der Waals surface area contributed by atoms with E-state index in [-0.39, 0.29) is 29.7 Å². The first-order chi connectivity index (χ1) is 21.8. The summed E-state index contributed by atoms with van der Waals surface area (Å²) in [7, 11) is 1.81. The van der Waals surface area contributed by atoms with Gasteiger partial charge in [-0.15, -0.1) is 0 Å². The van der Waals surface area contributed by atoms with Crippen molar-refractivity contribution in [2.45, 2.75) is 83.2 Å². The van der Waals surface area contributed by atoms with E-state index in [0.717, 1.165) is 24.0 Å². The summed E-state index contributed by atoms with van der Waals surface area (Å²) in [6.45, 7) is 5.61. The Morgan fingerprint density at radius 1 is 1.20 bits per heavy atom. The van der Waals surface area contributed by atoms with Crippen LogP contribution in [0.25, 0.3) is 0 Å². The van der Waals surface area contributed by atoms with E-state index < -0.39 is 59.2 Å². The Balaban J connectivity index is 1.23. The second-order valence-corrected chi connectivity index (χ2v) is 14.7. The van der Waals surface area contributed by atoms with Crippen molar-refractivity contribution in [1.82, 2.24) is 0 Å². The number of Topliss-reactive ketones (excluding diaryl/α,β-unsaturated/α-hetero) is 1. The molecule has 1 saturated heterocycles. The molecule has 7 rings (SSSR count). The summed E-state index contributed by atoms with van der Waals surface area (Å²) in [5.41, 5.74) is 7.10. The molecule has 0 amide bonds. The van der Waals surface area contributed by atoms with E-state index in [1.165, 1.54) is 0 Å². The molecule has 9 heteroatoms. The molecule has 2 aromatic rings. The van der Waals surface area contributed by atoms with Crippen molar-refractivity contribution in [3.05, 3.63) is 82.7 Å². The molecule has 5 aliphatic rings. The average molecular weight is 633 g/mol. The monoisotopic (exact) mass is 632 g/mol. The normalized spacial score (nSPS) is 39.2. The number of rotatable bonds is 6. The number of anilines is 2. The van der Waals surface area contributed by atoms with Crippen LogP contribution in [-0.2, 0) is 20.8 Å². The minimum absolute atomic E-state index is 0.0253. The van der Waals surface area contributed by atoms with Crippen molar-refractivity contribution >= 4 is 17.2 Å². The van der Waals surface area contributed by atoms with Gasteiger partial charge in [0, 0.05) is 41.6 Å². The number of ketones is 1. The van der Waals surface area contributed by atoms with Gasteiger partial charge in [-0.1, -0.05) is 55.8 Å². The first-order valence-corrected chi connectivity index (χ1v) is 16.4. The molecule has 1 heterocycles. The highest BCUT2D eigenvalue weighted by Crippen LogP contribution is 2.70. The topological polar surface area (TPSA) is 125 Å². The number of carbonyl (C=O) groups is 1. The van der Waals surface area contributed by atoms with E-state index in [9.17, 15) is 20.1 Å². The fourth-order valence-corrected chi connectivity index (χ4v) is 10.2. The minimum Gasteiger partial charge on any atom is -0.399 e. The highest BCUT2D eigenvalue weighted by molar-refractivity contribution is 5.91. The molecular weight excluding hydrogens is 587 g/mol. The number of hydrogen-bond acceptors (Lipinski definition) is 8. The number of hydrogen-bond donors (Lipinski definition) is 4. The van der Waals surface area contributed by atoms with Crippen LogP contribution in [0, 0.1) is 41.3 Å². The number of ether oxygens (including phenoxy) is 2. The van der Waals surface area contributed by atoms with Crippen molar-refractivity contribution in [2.75, 3.05) is 24.3 Å². The maximum atomic E-state index is 16.5. The molecule has 0 bridgehead atoms. The second-order valence-electron chi connectivity index (χ2n) is 14.7. The average Bonchev–Trinajstić information content (AvgIpc) is 3.49. The number of aliphatic hydroxyl groups excluding tert-OH is 3.